The zero-order chi connectivity index (χ0) is 13.8. The number of nitrogens with two attached hydrogens (primary N) is 1. The molecule has 0 spiro atoms. The SMILES string of the molecule is CC(C)(C)NC(N)=NCCc1c(F)cccc1Cl.I. The summed E-state index contributed by atoms with van der Waals surface area (Å²) < 4.78 is 13.5. The van der Waals surface area contributed by atoms with Gasteiger partial charge in [-0.1, -0.05) is 17.7 Å². The van der Waals surface area contributed by atoms with Crippen LogP contribution < -0.4 is 11.1 Å². The molecule has 3 N–H and O–H groups in total. The molecule has 1 rings (SSSR count). The Bertz CT molecular complexity index is 424. The van der Waals surface area contributed by atoms with Gasteiger partial charge in [-0.2, -0.15) is 0 Å². The summed E-state index contributed by atoms with van der Waals surface area (Å²) in [6.07, 6.45) is 0.429. The second-order valence-electron chi connectivity index (χ2n) is 5.09. The Balaban J connectivity index is 0.00000324. The van der Waals surface area contributed by atoms with E-state index in [1.807, 2.05) is 20.8 Å². The lowest BCUT2D eigenvalue weighted by Crippen LogP contribution is -2.45. The average molecular weight is 400 g/mol. The van der Waals surface area contributed by atoms with E-state index in [0.717, 1.165) is 0 Å². The van der Waals surface area contributed by atoms with Crippen molar-refractivity contribution in [2.45, 2.75) is 32.7 Å². The number of hydrogen-bond donors (Lipinski definition) is 2. The number of halogens is 3. The van der Waals surface area contributed by atoms with Crippen LogP contribution in [0.2, 0.25) is 5.02 Å². The van der Waals surface area contributed by atoms with Gasteiger partial charge in [-0.3, -0.25) is 4.99 Å². The van der Waals surface area contributed by atoms with Crippen LogP contribution in [0.4, 0.5) is 4.39 Å². The van der Waals surface area contributed by atoms with Gasteiger partial charge in [-0.05, 0) is 39.3 Å². The summed E-state index contributed by atoms with van der Waals surface area (Å²) in [5.74, 6) is 0.0509. The Morgan fingerprint density at radius 3 is 2.58 bits per heavy atom. The predicted molar refractivity (Wildman–Crippen MR) is 89.9 cm³/mol. The van der Waals surface area contributed by atoms with Gasteiger partial charge in [-0.25, -0.2) is 4.39 Å². The molecule has 0 aliphatic carbocycles. The molecular weight excluding hydrogens is 380 g/mol. The Kier molecular flexibility index (Phi) is 7.66. The minimum atomic E-state index is -0.306. The number of nitrogens with one attached hydrogen (secondary N) is 1. The van der Waals surface area contributed by atoms with Gasteiger partial charge in [0.2, 0.25) is 0 Å². The van der Waals surface area contributed by atoms with Crippen molar-refractivity contribution in [2.75, 3.05) is 6.54 Å². The monoisotopic (exact) mass is 399 g/mol. The van der Waals surface area contributed by atoms with Crippen molar-refractivity contribution in [3.63, 3.8) is 0 Å². The largest absolute Gasteiger partial charge is 0.370 e. The highest BCUT2D eigenvalue weighted by molar-refractivity contribution is 14.0. The zero-order valence-electron chi connectivity index (χ0n) is 11.3. The molecule has 0 bridgehead atoms. The van der Waals surface area contributed by atoms with Crippen molar-refractivity contribution in [3.8, 4) is 0 Å². The van der Waals surface area contributed by atoms with Crippen molar-refractivity contribution >= 4 is 41.5 Å². The highest BCUT2D eigenvalue weighted by atomic mass is 127. The van der Waals surface area contributed by atoms with Crippen LogP contribution in [0.1, 0.15) is 26.3 Å². The van der Waals surface area contributed by atoms with Crippen LogP contribution in [-0.4, -0.2) is 18.0 Å². The van der Waals surface area contributed by atoms with Crippen LogP contribution in [0, 0.1) is 5.82 Å². The van der Waals surface area contributed by atoms with E-state index >= 15 is 0 Å². The smallest absolute Gasteiger partial charge is 0.188 e. The Morgan fingerprint density at radius 2 is 2.05 bits per heavy atom. The lowest BCUT2D eigenvalue weighted by molar-refractivity contribution is 0.508. The van der Waals surface area contributed by atoms with Crippen LogP contribution in [0.25, 0.3) is 0 Å². The maximum absolute atomic E-state index is 13.5. The van der Waals surface area contributed by atoms with Gasteiger partial charge < -0.3 is 11.1 Å². The fourth-order valence-corrected chi connectivity index (χ4v) is 1.74. The molecule has 0 aliphatic heterocycles. The summed E-state index contributed by atoms with van der Waals surface area (Å²) >= 11 is 5.92. The Labute approximate surface area is 135 Å². The molecule has 1 aromatic rings. The van der Waals surface area contributed by atoms with E-state index in [9.17, 15) is 4.39 Å². The van der Waals surface area contributed by atoms with Crippen molar-refractivity contribution < 1.29 is 4.39 Å². The lowest BCUT2D eigenvalue weighted by atomic mass is 10.1. The second-order valence-corrected chi connectivity index (χ2v) is 5.50. The van der Waals surface area contributed by atoms with Gasteiger partial charge >= 0.3 is 0 Å². The van der Waals surface area contributed by atoms with E-state index in [1.54, 1.807) is 12.1 Å². The van der Waals surface area contributed by atoms with Gasteiger partial charge in [0.15, 0.2) is 5.96 Å². The van der Waals surface area contributed by atoms with Crippen molar-refractivity contribution in [1.82, 2.24) is 5.32 Å². The van der Waals surface area contributed by atoms with E-state index in [-0.39, 0.29) is 35.3 Å². The van der Waals surface area contributed by atoms with Crippen molar-refractivity contribution in [2.24, 2.45) is 10.7 Å². The fourth-order valence-electron chi connectivity index (χ4n) is 1.48. The summed E-state index contributed by atoms with van der Waals surface area (Å²) in [6, 6.07) is 4.64. The van der Waals surface area contributed by atoms with Crippen molar-refractivity contribution in [1.29, 1.82) is 0 Å². The maximum atomic E-state index is 13.5. The normalized spacial score (nSPS) is 11.9. The van der Waals surface area contributed by atoms with E-state index in [2.05, 4.69) is 10.3 Å². The van der Waals surface area contributed by atoms with Crippen LogP contribution >= 0.6 is 35.6 Å². The Morgan fingerprint density at radius 1 is 1.42 bits per heavy atom. The van der Waals surface area contributed by atoms with E-state index < -0.39 is 0 Å². The number of guanidine groups is 1. The number of rotatable bonds is 3. The van der Waals surface area contributed by atoms with Gasteiger partial charge in [0.25, 0.3) is 0 Å². The van der Waals surface area contributed by atoms with E-state index in [0.29, 0.717) is 29.5 Å². The van der Waals surface area contributed by atoms with Gasteiger partial charge in [-0.15, -0.1) is 24.0 Å². The fraction of sp³-hybridized carbons (Fsp3) is 0.462. The molecule has 0 aromatic heterocycles. The molecule has 0 radical (unpaired) electrons. The molecule has 3 nitrogen and oxygen atoms in total. The molecule has 0 heterocycles. The summed E-state index contributed by atoms with van der Waals surface area (Å²) in [7, 11) is 0. The molecule has 0 saturated carbocycles. The first kappa shape index (κ1) is 18.4. The molecule has 6 heteroatoms. The third-order valence-electron chi connectivity index (χ3n) is 2.21. The number of nitrogens with zero attached hydrogens (tertiary/aromatic N) is 1. The quantitative estimate of drug-likeness (QED) is 0.465. The number of hydrogen-bond acceptors (Lipinski definition) is 1. The third kappa shape index (κ3) is 6.96. The molecule has 0 saturated heterocycles. The summed E-state index contributed by atoms with van der Waals surface area (Å²) in [4.78, 5) is 4.15. The van der Waals surface area contributed by atoms with E-state index in [1.165, 1.54) is 6.07 Å². The molecule has 0 unspecified atom stereocenters. The minimum absolute atomic E-state index is 0. The molecule has 1 aromatic carbocycles. The zero-order valence-corrected chi connectivity index (χ0v) is 14.4. The maximum Gasteiger partial charge on any atom is 0.188 e. The standard InChI is InChI=1S/C13H19ClFN3.HI/c1-13(2,3)18-12(16)17-8-7-9-10(14)5-4-6-11(9)15;/h4-6H,7-8H2,1-3H3,(H3,16,17,18);1H. The number of aliphatic imine (C=N–C) groups is 1. The highest BCUT2D eigenvalue weighted by Gasteiger charge is 2.10. The molecule has 19 heavy (non-hydrogen) atoms. The van der Waals surface area contributed by atoms with Gasteiger partial charge in [0, 0.05) is 22.7 Å². The second kappa shape index (κ2) is 7.89. The minimum Gasteiger partial charge on any atom is -0.370 e. The van der Waals surface area contributed by atoms with Crippen molar-refractivity contribution in [3.05, 3.63) is 34.6 Å². The van der Waals surface area contributed by atoms with Gasteiger partial charge in [0.05, 0.1) is 0 Å². The topological polar surface area (TPSA) is 50.4 Å². The first-order chi connectivity index (χ1) is 8.29. The van der Waals surface area contributed by atoms with Crippen LogP contribution in [0.3, 0.4) is 0 Å². The Hall–Kier alpha value is -0.560. The average Bonchev–Trinajstić information content (AvgIpc) is 2.19. The molecular formula is C13H20ClFIN3. The summed E-state index contributed by atoms with van der Waals surface area (Å²) in [5, 5.41) is 3.46. The van der Waals surface area contributed by atoms with Gasteiger partial charge in [0.1, 0.15) is 5.82 Å². The molecule has 108 valence electrons. The summed E-state index contributed by atoms with van der Waals surface area (Å²) in [5.41, 5.74) is 6.05. The van der Waals surface area contributed by atoms with Crippen LogP contribution in [0.5, 0.6) is 0 Å². The number of benzene rings is 1. The highest BCUT2D eigenvalue weighted by Crippen LogP contribution is 2.19. The first-order valence-electron chi connectivity index (χ1n) is 5.80. The first-order valence-corrected chi connectivity index (χ1v) is 6.18. The molecule has 0 amide bonds. The van der Waals surface area contributed by atoms with E-state index in [4.69, 9.17) is 17.3 Å². The van der Waals surface area contributed by atoms with Crippen LogP contribution in [0.15, 0.2) is 23.2 Å². The van der Waals surface area contributed by atoms with Crippen LogP contribution in [-0.2, 0) is 6.42 Å². The molecule has 0 fully saturated rings. The molecule has 0 atom stereocenters. The summed E-state index contributed by atoms with van der Waals surface area (Å²) in [6.45, 7) is 6.37. The third-order valence-corrected chi connectivity index (χ3v) is 2.56. The lowest BCUT2D eigenvalue weighted by Gasteiger charge is -2.21. The predicted octanol–water partition coefficient (Wildman–Crippen LogP) is 3.34. The molecule has 0 aliphatic rings.